The molecule has 2 N–H and O–H groups in total. The summed E-state index contributed by atoms with van der Waals surface area (Å²) in [5.41, 5.74) is 1.68. The molecule has 2 amide bonds. The fraction of sp³-hybridized carbons (Fsp3) is 0.250. The molecule has 0 spiro atoms. The van der Waals surface area contributed by atoms with E-state index in [0.717, 1.165) is 0 Å². The average Bonchev–Trinajstić information content (AvgIpc) is 2.67. The number of hydrogen-bond donors (Lipinski definition) is 2. The van der Waals surface area contributed by atoms with Crippen molar-refractivity contribution < 1.29 is 29.0 Å². The highest BCUT2D eigenvalue weighted by atomic mass is 16.5. The number of rotatable bonds is 7. The van der Waals surface area contributed by atoms with Crippen molar-refractivity contribution in [3.05, 3.63) is 53.6 Å². The Balaban J connectivity index is 1.68. The lowest BCUT2D eigenvalue weighted by molar-refractivity contribution is -0.121. The van der Waals surface area contributed by atoms with Crippen molar-refractivity contribution in [1.82, 2.24) is 0 Å². The quantitative estimate of drug-likeness (QED) is 0.759. The van der Waals surface area contributed by atoms with E-state index in [2.05, 4.69) is 5.32 Å². The summed E-state index contributed by atoms with van der Waals surface area (Å²) in [7, 11) is 1.50. The van der Waals surface area contributed by atoms with E-state index in [4.69, 9.17) is 9.47 Å². The Labute approximate surface area is 161 Å². The maximum atomic E-state index is 12.4. The highest BCUT2D eigenvalue weighted by molar-refractivity contribution is 5.99. The second-order valence-electron chi connectivity index (χ2n) is 6.26. The maximum absolute atomic E-state index is 12.4. The van der Waals surface area contributed by atoms with Crippen LogP contribution in [0.5, 0.6) is 5.75 Å². The van der Waals surface area contributed by atoms with Gasteiger partial charge in [0.05, 0.1) is 17.9 Å². The molecule has 2 aromatic rings. The zero-order valence-corrected chi connectivity index (χ0v) is 15.3. The molecule has 0 aliphatic carbocycles. The minimum absolute atomic E-state index is 0.0526. The Hall–Kier alpha value is -3.39. The van der Waals surface area contributed by atoms with E-state index in [1.54, 1.807) is 24.3 Å². The van der Waals surface area contributed by atoms with Crippen LogP contribution in [0.4, 0.5) is 11.4 Å². The number of fused-ring (bicyclic) bond motifs is 1. The Kier molecular flexibility index (Phi) is 5.90. The van der Waals surface area contributed by atoms with Gasteiger partial charge < -0.3 is 24.8 Å². The van der Waals surface area contributed by atoms with Crippen molar-refractivity contribution in [3.63, 3.8) is 0 Å². The van der Waals surface area contributed by atoms with Gasteiger partial charge in [-0.15, -0.1) is 0 Å². The monoisotopic (exact) mass is 384 g/mol. The van der Waals surface area contributed by atoms with Crippen molar-refractivity contribution in [2.24, 2.45) is 0 Å². The molecule has 8 nitrogen and oxygen atoms in total. The number of carbonyl (C=O) groups excluding carboxylic acids is 2. The summed E-state index contributed by atoms with van der Waals surface area (Å²) in [4.78, 5) is 37.3. The van der Waals surface area contributed by atoms with Gasteiger partial charge in [0.25, 0.3) is 5.91 Å². The van der Waals surface area contributed by atoms with Crippen LogP contribution in [0.25, 0.3) is 0 Å². The number of amides is 2. The zero-order chi connectivity index (χ0) is 20.1. The topological polar surface area (TPSA) is 105 Å². The Morgan fingerprint density at radius 3 is 2.79 bits per heavy atom. The van der Waals surface area contributed by atoms with Gasteiger partial charge in [-0.25, -0.2) is 4.79 Å². The highest BCUT2D eigenvalue weighted by Crippen LogP contribution is 2.31. The van der Waals surface area contributed by atoms with Gasteiger partial charge in [0.1, 0.15) is 5.75 Å². The van der Waals surface area contributed by atoms with Crippen LogP contribution < -0.4 is 15.0 Å². The number of hydrogen-bond acceptors (Lipinski definition) is 5. The molecule has 0 unspecified atom stereocenters. The molecule has 0 aromatic heterocycles. The molecule has 0 fully saturated rings. The van der Waals surface area contributed by atoms with Crippen LogP contribution in [0.1, 0.15) is 22.3 Å². The van der Waals surface area contributed by atoms with Gasteiger partial charge in [0.15, 0.2) is 6.61 Å². The standard InChI is InChI=1S/C20H20N2O6/c1-27-11-13-8-14(20(25)26)10-15(9-13)21-18(23)6-7-22-16-4-2-3-5-17(16)28-12-19(22)24/h2-5,8-10H,6-7,11-12H2,1H3,(H,21,23)(H,25,26). The number of aromatic carboxylic acids is 1. The smallest absolute Gasteiger partial charge is 0.335 e. The molecule has 1 heterocycles. The number of methoxy groups -OCH3 is 1. The van der Waals surface area contributed by atoms with Gasteiger partial charge in [-0.1, -0.05) is 12.1 Å². The van der Waals surface area contributed by atoms with Crippen molar-refractivity contribution in [2.75, 3.05) is 30.5 Å². The average molecular weight is 384 g/mol. The molecule has 146 valence electrons. The first kappa shape index (κ1) is 19.4. The van der Waals surface area contributed by atoms with Crippen molar-refractivity contribution in [2.45, 2.75) is 13.0 Å². The van der Waals surface area contributed by atoms with Gasteiger partial charge in [-0.2, -0.15) is 0 Å². The summed E-state index contributed by atoms with van der Waals surface area (Å²) >= 11 is 0. The normalized spacial score (nSPS) is 12.9. The minimum atomic E-state index is -1.09. The number of benzene rings is 2. The van der Waals surface area contributed by atoms with E-state index in [1.165, 1.54) is 24.1 Å². The zero-order valence-electron chi connectivity index (χ0n) is 15.3. The lowest BCUT2D eigenvalue weighted by atomic mass is 10.1. The van der Waals surface area contributed by atoms with Crippen LogP contribution in [0.15, 0.2) is 42.5 Å². The number of anilines is 2. The van der Waals surface area contributed by atoms with Crippen LogP contribution >= 0.6 is 0 Å². The summed E-state index contributed by atoms with van der Waals surface area (Å²) in [5.74, 6) is -1.05. The van der Waals surface area contributed by atoms with Crippen LogP contribution in [0.2, 0.25) is 0 Å². The molecular formula is C20H20N2O6. The first-order valence-electron chi connectivity index (χ1n) is 8.66. The number of carboxylic acid groups (broad SMARTS) is 1. The summed E-state index contributed by atoms with van der Waals surface area (Å²) in [6.07, 6.45) is 0.0526. The van der Waals surface area contributed by atoms with Crippen molar-refractivity contribution >= 4 is 29.2 Å². The maximum Gasteiger partial charge on any atom is 0.335 e. The first-order valence-corrected chi connectivity index (χ1v) is 8.66. The summed E-state index contributed by atoms with van der Waals surface area (Å²) in [5, 5.41) is 11.9. The van der Waals surface area contributed by atoms with E-state index < -0.39 is 5.97 Å². The molecule has 0 saturated carbocycles. The van der Waals surface area contributed by atoms with Crippen molar-refractivity contribution in [1.29, 1.82) is 0 Å². The van der Waals surface area contributed by atoms with E-state index in [1.807, 2.05) is 6.07 Å². The molecule has 1 aliphatic heterocycles. The molecule has 0 saturated heterocycles. The lowest BCUT2D eigenvalue weighted by Gasteiger charge is -2.29. The molecule has 1 aliphatic rings. The third kappa shape index (κ3) is 4.47. The number of nitrogens with one attached hydrogen (secondary N) is 1. The van der Waals surface area contributed by atoms with Gasteiger partial charge in [0.2, 0.25) is 5.91 Å². The Morgan fingerprint density at radius 1 is 1.25 bits per heavy atom. The first-order chi connectivity index (χ1) is 13.5. The van der Waals surface area contributed by atoms with Gasteiger partial charge in [0, 0.05) is 25.8 Å². The summed E-state index contributed by atoms with van der Waals surface area (Å²) in [6.45, 7) is 0.345. The Bertz CT molecular complexity index is 911. The fourth-order valence-electron chi connectivity index (χ4n) is 2.97. The molecule has 0 atom stereocenters. The number of carbonyl (C=O) groups is 3. The van der Waals surface area contributed by atoms with Crippen LogP contribution in [-0.4, -0.2) is 43.2 Å². The van der Waals surface area contributed by atoms with E-state index in [-0.39, 0.29) is 43.6 Å². The molecule has 28 heavy (non-hydrogen) atoms. The summed E-state index contributed by atoms with van der Waals surface area (Å²) in [6, 6.07) is 11.7. The number of para-hydroxylation sites is 2. The fourth-order valence-corrected chi connectivity index (χ4v) is 2.97. The Morgan fingerprint density at radius 2 is 2.04 bits per heavy atom. The van der Waals surface area contributed by atoms with Gasteiger partial charge in [-0.05, 0) is 35.9 Å². The van der Waals surface area contributed by atoms with Gasteiger partial charge >= 0.3 is 5.97 Å². The van der Waals surface area contributed by atoms with E-state index in [0.29, 0.717) is 22.7 Å². The molecule has 0 bridgehead atoms. The van der Waals surface area contributed by atoms with Crippen molar-refractivity contribution in [3.8, 4) is 5.75 Å². The predicted molar refractivity (Wildman–Crippen MR) is 102 cm³/mol. The second kappa shape index (κ2) is 8.53. The van der Waals surface area contributed by atoms with Gasteiger partial charge in [-0.3, -0.25) is 9.59 Å². The van der Waals surface area contributed by atoms with Crippen LogP contribution in [0.3, 0.4) is 0 Å². The largest absolute Gasteiger partial charge is 0.482 e. The third-order valence-electron chi connectivity index (χ3n) is 4.21. The predicted octanol–water partition coefficient (Wildman–Crippen LogP) is 2.29. The number of ether oxygens (including phenoxy) is 2. The molecule has 3 rings (SSSR count). The number of nitrogens with zero attached hydrogens (tertiary/aromatic N) is 1. The SMILES string of the molecule is COCc1cc(NC(=O)CCN2C(=O)COc3ccccc32)cc(C(=O)O)c1. The number of carboxylic acids is 1. The molecule has 0 radical (unpaired) electrons. The highest BCUT2D eigenvalue weighted by Gasteiger charge is 2.25. The molecule has 2 aromatic carbocycles. The third-order valence-corrected chi connectivity index (χ3v) is 4.21. The lowest BCUT2D eigenvalue weighted by Crippen LogP contribution is -2.40. The van der Waals surface area contributed by atoms with E-state index in [9.17, 15) is 19.5 Å². The van der Waals surface area contributed by atoms with E-state index >= 15 is 0 Å². The molecule has 8 heteroatoms. The second-order valence-corrected chi connectivity index (χ2v) is 6.26. The molecular weight excluding hydrogens is 364 g/mol. The minimum Gasteiger partial charge on any atom is -0.482 e. The van der Waals surface area contributed by atoms with Crippen LogP contribution in [-0.2, 0) is 20.9 Å². The summed E-state index contributed by atoms with van der Waals surface area (Å²) < 4.78 is 10.4. The van der Waals surface area contributed by atoms with Crippen LogP contribution in [0, 0.1) is 0 Å².